The first-order chi connectivity index (χ1) is 8.42. The smallest absolute Gasteiger partial charge is 0.336 e. The molecule has 0 heterocycles. The molecule has 0 aliphatic rings. The maximum absolute atomic E-state index is 10.3. The summed E-state index contributed by atoms with van der Waals surface area (Å²) in [6.07, 6.45) is -3.52. The van der Waals surface area contributed by atoms with E-state index in [0.29, 0.717) is 0 Å². The molecule has 0 aromatic heterocycles. The Hall–Kier alpha value is -0.719. The normalized spacial score (nSPS) is 10.6. The second-order valence-electron chi connectivity index (χ2n) is 3.49. The number of aliphatic hydroxyl groups is 2. The fourth-order valence-electron chi connectivity index (χ4n) is 0.714. The molecular weight excluding hydrogens is 484 g/mol. The molecule has 10 nitrogen and oxygen atoms in total. The average Bonchev–Trinajstić information content (AvgIpc) is 2.14. The van der Waals surface area contributed by atoms with Gasteiger partial charge in [-0.3, -0.25) is 9.59 Å². The van der Waals surface area contributed by atoms with E-state index >= 15 is 0 Å². The van der Waals surface area contributed by atoms with Crippen molar-refractivity contribution in [2.24, 2.45) is 0 Å². The van der Waals surface area contributed by atoms with Crippen LogP contribution in [0.25, 0.3) is 0 Å². The number of aliphatic hydroxyl groups excluding tert-OH is 1. The van der Waals surface area contributed by atoms with Crippen molar-refractivity contribution in [2.75, 3.05) is 0 Å². The van der Waals surface area contributed by atoms with Gasteiger partial charge in [0.05, 0.1) is 12.8 Å². The van der Waals surface area contributed by atoms with Crippen LogP contribution in [-0.2, 0) is 63.9 Å². The molecule has 0 saturated carbocycles. The maximum Gasteiger partial charge on any atom is 0.336 e. The van der Waals surface area contributed by atoms with Gasteiger partial charge in [0.25, 0.3) is 0 Å². The topological polar surface area (TPSA) is 190 Å². The van der Waals surface area contributed by atoms with Crippen molar-refractivity contribution < 1.29 is 94.6 Å². The fourth-order valence-corrected chi connectivity index (χ4v) is 0.714. The average molecular weight is 498 g/mol. The Morgan fingerprint density at radius 1 is 0.905 bits per heavy atom. The van der Waals surface area contributed by atoms with E-state index in [1.165, 1.54) is 6.92 Å². The summed E-state index contributed by atoms with van der Waals surface area (Å²) >= 11 is 0. The number of carboxylic acid groups (broad SMARTS) is 4. The molecule has 1 unspecified atom stereocenters. The van der Waals surface area contributed by atoms with Crippen LogP contribution in [0, 0.1) is 0 Å². The van der Waals surface area contributed by atoms with Crippen LogP contribution in [0.15, 0.2) is 0 Å². The monoisotopic (exact) mass is 496 g/mol. The molecule has 0 spiro atoms. The van der Waals surface area contributed by atoms with Gasteiger partial charge in [-0.05, 0) is 6.92 Å². The van der Waals surface area contributed by atoms with E-state index in [2.05, 4.69) is 0 Å². The van der Waals surface area contributed by atoms with Gasteiger partial charge >= 0.3 is 23.9 Å². The second kappa shape index (κ2) is 13.0. The largest absolute Gasteiger partial charge is 0.481 e. The number of hydrogen-bond donors (Lipinski definition) is 6. The van der Waals surface area contributed by atoms with E-state index in [1.54, 1.807) is 0 Å². The van der Waals surface area contributed by atoms with Gasteiger partial charge in [-0.1, -0.05) is 0 Å². The molecule has 12 heteroatoms. The molecule has 2 radical (unpaired) electrons. The fraction of sp³-hybridized carbons (Fsp3) is 0.556. The van der Waals surface area contributed by atoms with Gasteiger partial charge < -0.3 is 30.6 Å². The maximum atomic E-state index is 10.3. The first kappa shape index (κ1) is 28.4. The molecule has 0 rings (SSSR count). The SMILES string of the molecule is CC(O)C(=O)O.O=C(O)CC(O)(CC(=O)O)C(=O)O.[Ag].[Ag]. The van der Waals surface area contributed by atoms with Crippen LogP contribution in [0.4, 0.5) is 0 Å². The van der Waals surface area contributed by atoms with Crippen LogP contribution in [-0.4, -0.2) is 66.2 Å². The van der Waals surface area contributed by atoms with Gasteiger partial charge in [-0.2, -0.15) is 0 Å². The summed E-state index contributed by atoms with van der Waals surface area (Å²) < 4.78 is 0. The first-order valence-corrected chi connectivity index (χ1v) is 4.72. The van der Waals surface area contributed by atoms with Crippen molar-refractivity contribution in [1.29, 1.82) is 0 Å². The molecule has 0 aliphatic carbocycles. The molecule has 0 aromatic rings. The molecule has 132 valence electrons. The van der Waals surface area contributed by atoms with Crippen LogP contribution in [0.2, 0.25) is 0 Å². The Bertz CT molecular complexity index is 352. The second-order valence-corrected chi connectivity index (χ2v) is 3.49. The number of rotatable bonds is 6. The summed E-state index contributed by atoms with van der Waals surface area (Å²) in [5.74, 6) is -6.20. The van der Waals surface area contributed by atoms with Crippen molar-refractivity contribution in [3.63, 3.8) is 0 Å². The van der Waals surface area contributed by atoms with Gasteiger partial charge in [-0.15, -0.1) is 0 Å². The third-order valence-electron chi connectivity index (χ3n) is 1.64. The van der Waals surface area contributed by atoms with Gasteiger partial charge in [0.1, 0.15) is 6.10 Å². The Kier molecular flexibility index (Phi) is 17.6. The van der Waals surface area contributed by atoms with Crippen molar-refractivity contribution in [3.05, 3.63) is 0 Å². The van der Waals surface area contributed by atoms with Gasteiger partial charge in [0.15, 0.2) is 5.60 Å². The zero-order chi connectivity index (χ0) is 15.8. The quantitative estimate of drug-likeness (QED) is 0.228. The van der Waals surface area contributed by atoms with E-state index in [9.17, 15) is 19.2 Å². The minimum absolute atomic E-state index is 0. The Balaban J connectivity index is -0.000000156. The van der Waals surface area contributed by atoms with E-state index in [1.807, 2.05) is 0 Å². The Labute approximate surface area is 149 Å². The van der Waals surface area contributed by atoms with Gasteiger partial charge in [0, 0.05) is 44.8 Å². The summed E-state index contributed by atoms with van der Waals surface area (Å²) in [4.78, 5) is 39.9. The Morgan fingerprint density at radius 3 is 1.24 bits per heavy atom. The predicted molar refractivity (Wildman–Crippen MR) is 56.4 cm³/mol. The van der Waals surface area contributed by atoms with Crippen molar-refractivity contribution in [1.82, 2.24) is 0 Å². The van der Waals surface area contributed by atoms with Crippen LogP contribution >= 0.6 is 0 Å². The third-order valence-corrected chi connectivity index (χ3v) is 1.64. The Morgan fingerprint density at radius 2 is 1.14 bits per heavy atom. The van der Waals surface area contributed by atoms with Crippen molar-refractivity contribution in [3.8, 4) is 0 Å². The molecule has 0 saturated heterocycles. The van der Waals surface area contributed by atoms with Crippen molar-refractivity contribution in [2.45, 2.75) is 31.5 Å². The molecule has 0 aliphatic heterocycles. The van der Waals surface area contributed by atoms with Crippen LogP contribution in [0.3, 0.4) is 0 Å². The van der Waals surface area contributed by atoms with Gasteiger partial charge in [-0.25, -0.2) is 9.59 Å². The number of hydrogen-bond acceptors (Lipinski definition) is 6. The molecule has 0 amide bonds. The molecule has 0 bridgehead atoms. The third kappa shape index (κ3) is 15.5. The first-order valence-electron chi connectivity index (χ1n) is 4.72. The van der Waals surface area contributed by atoms with E-state index in [0.717, 1.165) is 0 Å². The number of aliphatic carboxylic acids is 4. The number of carbonyl (C=O) groups is 4. The zero-order valence-corrected chi connectivity index (χ0v) is 13.4. The van der Waals surface area contributed by atoms with Gasteiger partial charge in [0.2, 0.25) is 0 Å². The summed E-state index contributed by atoms with van der Waals surface area (Å²) in [5, 5.41) is 49.6. The van der Waals surface area contributed by atoms with E-state index in [-0.39, 0.29) is 44.8 Å². The summed E-state index contributed by atoms with van der Waals surface area (Å²) in [6.45, 7) is 1.20. The number of carboxylic acids is 4. The molecular formula is C9H14Ag2O10. The molecule has 0 aromatic carbocycles. The summed E-state index contributed by atoms with van der Waals surface area (Å²) in [6, 6.07) is 0. The summed E-state index contributed by atoms with van der Waals surface area (Å²) in [7, 11) is 0. The van der Waals surface area contributed by atoms with Crippen LogP contribution in [0.5, 0.6) is 0 Å². The molecule has 21 heavy (non-hydrogen) atoms. The predicted octanol–water partition coefficient (Wildman–Crippen LogP) is -1.80. The molecule has 6 N–H and O–H groups in total. The standard InChI is InChI=1S/C6H8O7.C3H6O3.2Ag/c7-3(8)1-6(13,5(11)12)2-4(9)10;1-2(4)3(5)6;;/h13H,1-2H2,(H,7,8)(H,9,10)(H,11,12);2,4H,1H3,(H,5,6);;. The summed E-state index contributed by atoms with van der Waals surface area (Å²) in [5.41, 5.74) is -2.74. The minimum Gasteiger partial charge on any atom is -0.481 e. The zero-order valence-electron chi connectivity index (χ0n) is 10.4. The molecule has 1 atom stereocenters. The van der Waals surface area contributed by atoms with E-state index < -0.39 is 48.4 Å². The van der Waals surface area contributed by atoms with Crippen molar-refractivity contribution >= 4 is 23.9 Å². The van der Waals surface area contributed by atoms with Crippen LogP contribution < -0.4 is 0 Å². The van der Waals surface area contributed by atoms with E-state index in [4.69, 9.17) is 30.6 Å². The van der Waals surface area contributed by atoms with Crippen LogP contribution in [0.1, 0.15) is 19.8 Å². The molecule has 0 fully saturated rings. The minimum atomic E-state index is -2.74.